The van der Waals surface area contributed by atoms with Gasteiger partial charge in [-0.3, -0.25) is 0 Å². The molecule has 0 fully saturated rings. The van der Waals surface area contributed by atoms with Crippen LogP contribution in [0.3, 0.4) is 0 Å². The molecular weight excluding hydrogens is 1950 g/mol. The van der Waals surface area contributed by atoms with E-state index in [-0.39, 0.29) is 202 Å². The van der Waals surface area contributed by atoms with Gasteiger partial charge in [-0.15, -0.1) is 86.1 Å². The van der Waals surface area contributed by atoms with Gasteiger partial charge in [-0.2, -0.15) is 149 Å². The van der Waals surface area contributed by atoms with Crippen LogP contribution in [0.2, 0.25) is 0 Å². The number of allylic oxidation sites excluding steroid dienone is 60. The first kappa shape index (κ1) is 126. The molecule has 0 bridgehead atoms. The summed E-state index contributed by atoms with van der Waals surface area (Å²) in [6.07, 6.45) is 116. The Labute approximate surface area is 889 Å². The van der Waals surface area contributed by atoms with E-state index < -0.39 is 0 Å². The quantitative estimate of drug-likeness (QED) is 0.0821. The Kier molecular flexibility index (Phi) is 73.6. The molecule has 10 aliphatic carbocycles. The zero-order valence-electron chi connectivity index (χ0n) is 78.0. The van der Waals surface area contributed by atoms with E-state index in [1.54, 1.807) is 34.4 Å². The van der Waals surface area contributed by atoms with Crippen LogP contribution >= 0.6 is 0 Å². The number of hydrogen-bond donors (Lipinski definition) is 0. The van der Waals surface area contributed by atoms with Crippen molar-refractivity contribution in [3.63, 3.8) is 0 Å². The van der Waals surface area contributed by atoms with Gasteiger partial charge >= 0.3 is 0 Å². The first-order chi connectivity index (χ1) is 53.8. The maximum atomic E-state index is 4.21. The molecule has 120 heavy (non-hydrogen) atoms. The molecule has 0 heterocycles. The molecule has 0 aromatic carbocycles. The van der Waals surface area contributed by atoms with Gasteiger partial charge in [-0.05, 0) is 223 Å². The molecule has 0 amide bonds. The molecule has 10 aliphatic rings. The molecule has 2 atom stereocenters. The molecule has 0 N–H and O–H groups in total. The average molecular weight is 2100 g/mol. The number of hydrogen-bond acceptors (Lipinski definition) is 0. The molecule has 0 nitrogen and oxygen atoms in total. The third kappa shape index (κ3) is 54.9. The van der Waals surface area contributed by atoms with Crippen molar-refractivity contribution in [2.45, 2.75) is 253 Å². The third-order valence-corrected chi connectivity index (χ3v) is 20.6. The number of fused-ring (bicyclic) bond motifs is 2. The van der Waals surface area contributed by atoms with E-state index in [1.165, 1.54) is 155 Å². The molecular formula is C113H149MnMoY5-5. The van der Waals surface area contributed by atoms with Crippen LogP contribution in [0.5, 0.6) is 0 Å². The van der Waals surface area contributed by atoms with Crippen molar-refractivity contribution in [1.29, 1.82) is 0 Å². The van der Waals surface area contributed by atoms with Crippen molar-refractivity contribution in [2.24, 2.45) is 38.9 Å². The summed E-state index contributed by atoms with van der Waals surface area (Å²) in [5.41, 5.74) is 27.1. The van der Waals surface area contributed by atoms with Gasteiger partial charge in [-0.25, -0.2) is 0 Å². The van der Waals surface area contributed by atoms with Crippen LogP contribution in [0, 0.1) is 69.3 Å². The fourth-order valence-corrected chi connectivity index (χ4v) is 16.0. The largest absolute Gasteiger partial charge is 0.184 e. The van der Waals surface area contributed by atoms with E-state index >= 15 is 0 Å². The maximum absolute atomic E-state index is 4.21. The fourth-order valence-electron chi connectivity index (χ4n) is 16.0. The molecule has 7 heteroatoms. The molecule has 2 unspecified atom stereocenters. The van der Waals surface area contributed by atoms with Crippen molar-refractivity contribution in [3.8, 4) is 0 Å². The summed E-state index contributed by atoms with van der Waals surface area (Å²) in [7, 11) is 0. The molecule has 634 valence electrons. The minimum Gasteiger partial charge on any atom is -0.184 e. The fraction of sp³-hybridized carbons (Fsp3) is 0.398. The van der Waals surface area contributed by atoms with Gasteiger partial charge < -0.3 is 0 Å². The van der Waals surface area contributed by atoms with Gasteiger partial charge in [-0.1, -0.05) is 243 Å². The standard InChI is InChI=1S/C21H29.C19H28.C16H20.C14H20.C12H15.2C11H13.C9H11.Mn.Mo.5Y/c1-7-16-9-18(14-20(3,4)12-16)11-19-10-17(8-2)13-21(5,6)15-19;1-7-15-9-17(13-19(5,6)11-15)16-8-14(2)10-18(3,4)12-16;1-11-3-5-13-9-14-6-4-12(2)8-16(14)10-15(13)7-11;1-5-7-12-9-13(8-6-2)11-14(3,4)10-12;1-3-6-11-8-5-9-12(10-11)7-4-2;1-3-5-10-7-8-11(9-10)6-4-2;1-3-5-7-9-11-10-8-6-4-2;1-3-5-7-9-8-6-4-2;;;;;;;/h7-10H,1,12-15H2,2-6H3;7-9H,2,10-13H2,1,3-6H3;7-8,10,13-14H,1,3-6,9H2,2H3;5-9H,1,10-11H2,2-4H3;3-4,6-7H,1,5,8-9H2,2H3;3-6H,1,7-8H2,2H3;3-10H,1H2,2H3;3-8H,1H2,2H3;;;;;;;/q-1;;;;4*-1;;;;;;;/b17-8-;15-7-;;8-6+,12-7-;7-4+,11-6+;6-4+,10-5+;6-4+,7-5+,10-8+;6-4+,7-5+;;;;;;;. The Bertz CT molecular complexity index is 4120. The summed E-state index contributed by atoms with van der Waals surface area (Å²) in [5, 5.41) is 0. The second-order valence-electron chi connectivity index (χ2n) is 35.2. The van der Waals surface area contributed by atoms with E-state index in [1.807, 2.05) is 137 Å². The van der Waals surface area contributed by atoms with Crippen molar-refractivity contribution in [2.75, 3.05) is 0 Å². The predicted molar refractivity (Wildman–Crippen MR) is 507 cm³/mol. The van der Waals surface area contributed by atoms with Crippen LogP contribution in [0.25, 0.3) is 0 Å². The van der Waals surface area contributed by atoms with Gasteiger partial charge in [0.15, 0.2) is 0 Å². The third-order valence-electron chi connectivity index (χ3n) is 20.6. The minimum atomic E-state index is 0. The summed E-state index contributed by atoms with van der Waals surface area (Å²) in [6.45, 7) is 70.5. The van der Waals surface area contributed by atoms with Gasteiger partial charge in [0, 0.05) is 202 Å². The van der Waals surface area contributed by atoms with E-state index in [0.29, 0.717) is 27.1 Å². The SMILES string of the molecule is C=C/C=C/C=[C-]/C=C/C=C/C.C=C/C=C/[C-]=C/C=C/C.C=C/C=C1C=C(/C=C/C)CC(C)(C)C/1.C=C/C=C1[C-]=C(/C=C/C)CC/1.C=C/C=C1[C-]=C(/C=C/C)CCC/1.C=C1C=C(C2=C/C(=C/C)CC(C)(C)C2)CC(C)(C)C1.C=C1C=C2C=C3C=C(C)CCC3CC2CC1.C=CC1=CC(=[C-]C2=C/C(=C/C)CC(C)(C)C2)CC(C)(C)C1.[Mn].[Mo].[Y].[Y].[Y].[Y].[Y]. The van der Waals surface area contributed by atoms with Gasteiger partial charge in [0.25, 0.3) is 0 Å². The summed E-state index contributed by atoms with van der Waals surface area (Å²) in [4.78, 5) is 0. The van der Waals surface area contributed by atoms with Crippen molar-refractivity contribution in [1.82, 2.24) is 0 Å². The van der Waals surface area contributed by atoms with Gasteiger partial charge in [0.05, 0.1) is 0 Å². The Hall–Kier alpha value is -2.11. The predicted octanol–water partition coefficient (Wildman–Crippen LogP) is 34.0. The van der Waals surface area contributed by atoms with Crippen LogP contribution in [-0.2, 0) is 202 Å². The molecule has 0 aromatic rings. The molecule has 0 aliphatic heterocycles. The van der Waals surface area contributed by atoms with E-state index in [9.17, 15) is 0 Å². The topological polar surface area (TPSA) is 0 Å². The van der Waals surface area contributed by atoms with E-state index in [2.05, 4.69) is 283 Å². The Morgan fingerprint density at radius 2 is 0.892 bits per heavy atom. The zero-order valence-corrected chi connectivity index (χ0v) is 95.4. The van der Waals surface area contributed by atoms with Gasteiger partial charge in [0.1, 0.15) is 0 Å². The Morgan fingerprint density at radius 1 is 0.400 bits per heavy atom. The summed E-state index contributed by atoms with van der Waals surface area (Å²) in [6, 6.07) is 0. The second kappa shape index (κ2) is 69.9. The Balaban J connectivity index is -0.000000422. The molecule has 10 rings (SSSR count). The monoisotopic (exact) mass is 2100 g/mol. The summed E-state index contributed by atoms with van der Waals surface area (Å²) >= 11 is 0. The number of rotatable bonds is 16. The minimum absolute atomic E-state index is 0. The Morgan fingerprint density at radius 3 is 1.44 bits per heavy atom. The van der Waals surface area contributed by atoms with Crippen LogP contribution < -0.4 is 0 Å². The van der Waals surface area contributed by atoms with E-state index in [0.717, 1.165) is 63.2 Å². The van der Waals surface area contributed by atoms with E-state index in [4.69, 9.17) is 0 Å². The van der Waals surface area contributed by atoms with Crippen molar-refractivity contribution < 1.29 is 202 Å². The molecule has 0 saturated heterocycles. The zero-order chi connectivity index (χ0) is 83.9. The first-order valence-electron chi connectivity index (χ1n) is 42.1. The maximum Gasteiger partial charge on any atom is 0 e. The molecule has 6 radical (unpaired) electrons. The van der Waals surface area contributed by atoms with Crippen molar-refractivity contribution in [3.05, 3.63) is 408 Å². The molecule has 0 spiro atoms. The molecule has 0 saturated carbocycles. The van der Waals surface area contributed by atoms with Crippen molar-refractivity contribution >= 4 is 0 Å². The van der Waals surface area contributed by atoms with Crippen LogP contribution in [-0.4, -0.2) is 0 Å². The normalized spacial score (nSPS) is 22.8. The first-order valence-corrected chi connectivity index (χ1v) is 42.1. The van der Waals surface area contributed by atoms with Crippen LogP contribution in [0.1, 0.15) is 253 Å². The second-order valence-corrected chi connectivity index (χ2v) is 35.2. The summed E-state index contributed by atoms with van der Waals surface area (Å²) < 4.78 is 0. The smallest absolute Gasteiger partial charge is 0 e. The van der Waals surface area contributed by atoms with Crippen LogP contribution in [0.15, 0.2) is 378 Å². The average Bonchev–Trinajstić information content (AvgIpc) is 0.845. The molecule has 0 aromatic heterocycles. The van der Waals surface area contributed by atoms with Gasteiger partial charge in [0.2, 0.25) is 0 Å². The summed E-state index contributed by atoms with van der Waals surface area (Å²) in [5.74, 6) is 1.67. The van der Waals surface area contributed by atoms with Crippen LogP contribution in [0.4, 0.5) is 0 Å².